The Morgan fingerprint density at radius 2 is 0.735 bits per heavy atom. The van der Waals surface area contributed by atoms with Crippen molar-refractivity contribution in [2.75, 3.05) is 9.80 Å². The van der Waals surface area contributed by atoms with E-state index >= 15 is 0 Å². The molecule has 117 heavy (non-hydrogen) atoms. The van der Waals surface area contributed by atoms with Crippen molar-refractivity contribution in [3.63, 3.8) is 0 Å². The van der Waals surface area contributed by atoms with Crippen LogP contribution in [0, 0.1) is 57.3 Å². The zero-order chi connectivity index (χ0) is 78.7. The van der Waals surface area contributed by atoms with Crippen molar-refractivity contribution in [2.24, 2.45) is 0 Å². The fourth-order valence-electron chi connectivity index (χ4n) is 19.0. The molecule has 1 heterocycles. The molecule has 0 spiro atoms. The van der Waals surface area contributed by atoms with E-state index in [4.69, 9.17) is 0 Å². The number of aromatic nitrogens is 1. The summed E-state index contributed by atoms with van der Waals surface area (Å²) in [5.41, 5.74) is 32.9. The first-order valence-corrected chi connectivity index (χ1v) is 40.3. The van der Waals surface area contributed by atoms with E-state index < -0.39 is 0 Å². The summed E-state index contributed by atoms with van der Waals surface area (Å²) in [6.45, 7) is 11.0. The van der Waals surface area contributed by atoms with Crippen LogP contribution in [0.5, 0.6) is 0 Å². The molecule has 20 aromatic carbocycles. The highest BCUT2D eigenvalue weighted by Gasteiger charge is 2.32. The molecule has 0 aliphatic heterocycles. The minimum Gasteiger partial charge on any atom is -0.310 e. The zero-order valence-corrected chi connectivity index (χ0v) is 65.6. The molecule has 0 atom stereocenters. The summed E-state index contributed by atoms with van der Waals surface area (Å²) in [5.74, 6) is 0. The van der Waals surface area contributed by atoms with Crippen molar-refractivity contribution in [2.45, 2.75) is 41.0 Å². The second kappa shape index (κ2) is 28.2. The molecule has 21 aromatic rings. The van der Waals surface area contributed by atoms with Gasteiger partial charge in [-0.3, -0.25) is 0 Å². The third-order valence-electron chi connectivity index (χ3n) is 24.5. The topological polar surface area (TPSA) is 59.0 Å². The Bertz CT molecular complexity index is 7640. The van der Waals surface area contributed by atoms with Crippen molar-refractivity contribution < 1.29 is 0 Å². The number of nitriles is 2. The second-order valence-electron chi connectivity index (χ2n) is 31.5. The van der Waals surface area contributed by atoms with Gasteiger partial charge in [-0.2, -0.15) is 10.5 Å². The van der Waals surface area contributed by atoms with Crippen LogP contribution >= 0.6 is 0 Å². The van der Waals surface area contributed by atoms with Crippen molar-refractivity contribution >= 4 is 121 Å². The highest BCUT2D eigenvalue weighted by atomic mass is 15.2. The number of pyridine rings is 1. The van der Waals surface area contributed by atoms with E-state index in [2.05, 4.69) is 401 Å². The van der Waals surface area contributed by atoms with Gasteiger partial charge in [0.15, 0.2) is 0 Å². The Hall–Kier alpha value is -15.1. The molecule has 0 amide bonds. The van der Waals surface area contributed by atoms with Gasteiger partial charge in [-0.1, -0.05) is 255 Å². The number of para-hydroxylation sites is 2. The highest BCUT2D eigenvalue weighted by molar-refractivity contribution is 6.43. The van der Waals surface area contributed by atoms with Gasteiger partial charge in [-0.25, -0.2) is 0 Å². The van der Waals surface area contributed by atoms with Crippen molar-refractivity contribution in [3.8, 4) is 84.6 Å². The maximum atomic E-state index is 10.3. The Morgan fingerprint density at radius 3 is 1.33 bits per heavy atom. The minimum absolute atomic E-state index is 0.597. The van der Waals surface area contributed by atoms with Crippen LogP contribution in [-0.2, 0) is 6.42 Å². The van der Waals surface area contributed by atoms with Crippen molar-refractivity contribution in [3.05, 3.63) is 414 Å². The maximum absolute atomic E-state index is 10.3. The molecule has 0 unspecified atom stereocenters. The summed E-state index contributed by atoms with van der Waals surface area (Å²) in [6.07, 6.45) is 0.686. The molecular formula is C112H77N5. The largest absolute Gasteiger partial charge is 0.310 e. The van der Waals surface area contributed by atoms with Crippen LogP contribution in [0.15, 0.2) is 364 Å². The lowest BCUT2D eigenvalue weighted by Crippen LogP contribution is -2.13. The number of nitrogens with zero attached hydrogens (tertiary/aromatic N) is 5. The van der Waals surface area contributed by atoms with Crippen LogP contribution in [0.25, 0.3) is 159 Å². The third-order valence-corrected chi connectivity index (χ3v) is 24.5. The van der Waals surface area contributed by atoms with Crippen LogP contribution in [0.2, 0.25) is 0 Å². The molecule has 21 rings (SSSR count). The van der Waals surface area contributed by atoms with Crippen molar-refractivity contribution in [1.82, 2.24) is 4.57 Å². The van der Waals surface area contributed by atoms with E-state index in [1.54, 1.807) is 0 Å². The first-order valence-electron chi connectivity index (χ1n) is 40.3. The molecular weight excluding hydrogens is 1420 g/mol. The molecule has 0 N–H and O–H groups in total. The van der Waals surface area contributed by atoms with E-state index in [9.17, 15) is 10.5 Å². The van der Waals surface area contributed by atoms with E-state index in [1.807, 2.05) is 24.3 Å². The number of aryl methyl sites for hydroxylation is 5. The monoisotopic (exact) mass is 1490 g/mol. The Kier molecular flexibility index (Phi) is 16.8. The van der Waals surface area contributed by atoms with Gasteiger partial charge >= 0.3 is 0 Å². The lowest BCUT2D eigenvalue weighted by atomic mass is 9.79. The first-order chi connectivity index (χ1) is 57.5. The van der Waals surface area contributed by atoms with E-state index in [1.165, 1.54) is 110 Å². The SMILES string of the molecule is Cc1cccc(N(c2ccc(Cc3cccc(-c4c(-c5ccccc5)c(-c5ccccc5)c5c6ccc7c8c(ccc(c5c4-c4ccccc4)c68)c4ccccc4n7-c4ccccc4)c3)c(C)c2)c2cc3c(-c4ccc(C#N)cc4)cc(N(c4cccc(C)c4)c4ccc(C)c(C)c4)c4ccc5c(-c6ccc(C#N)cc6)ccc2c5c34)c1. The van der Waals surface area contributed by atoms with Gasteiger partial charge in [0.25, 0.3) is 0 Å². The smallest absolute Gasteiger partial charge is 0.0991 e. The Labute approximate surface area is 680 Å². The van der Waals surface area contributed by atoms with Crippen LogP contribution in [0.1, 0.15) is 50.1 Å². The molecule has 0 bridgehead atoms. The van der Waals surface area contributed by atoms with Gasteiger partial charge in [-0.05, 0) is 294 Å². The molecule has 0 aliphatic rings. The summed E-state index contributed by atoms with van der Waals surface area (Å²) in [5, 5.41) is 37.0. The number of benzene rings is 19. The quantitative estimate of drug-likeness (QED) is 0.0758. The highest BCUT2D eigenvalue weighted by Crippen LogP contribution is 2.59. The van der Waals surface area contributed by atoms with Gasteiger partial charge in [-0.15, -0.1) is 0 Å². The Balaban J connectivity index is 0.775. The minimum atomic E-state index is 0.597. The average molecular weight is 1490 g/mol. The summed E-state index contributed by atoms with van der Waals surface area (Å²) in [7, 11) is 0. The van der Waals surface area contributed by atoms with Gasteiger partial charge in [0.2, 0.25) is 0 Å². The number of rotatable bonds is 15. The summed E-state index contributed by atoms with van der Waals surface area (Å²) >= 11 is 0. The number of hydrogen-bond donors (Lipinski definition) is 0. The van der Waals surface area contributed by atoms with E-state index in [-0.39, 0.29) is 0 Å². The maximum Gasteiger partial charge on any atom is 0.0991 e. The summed E-state index contributed by atoms with van der Waals surface area (Å²) < 4.78 is 2.47. The molecule has 0 saturated heterocycles. The number of anilines is 6. The molecule has 5 nitrogen and oxygen atoms in total. The summed E-state index contributed by atoms with van der Waals surface area (Å²) in [4.78, 5) is 4.91. The molecule has 550 valence electrons. The average Bonchev–Trinajstić information content (AvgIpc) is 1.53. The van der Waals surface area contributed by atoms with Gasteiger partial charge in [0, 0.05) is 66.1 Å². The van der Waals surface area contributed by atoms with Gasteiger partial charge in [0.1, 0.15) is 0 Å². The normalized spacial score (nSPS) is 11.6. The van der Waals surface area contributed by atoms with Gasteiger partial charge < -0.3 is 14.4 Å². The lowest BCUT2D eigenvalue weighted by Gasteiger charge is -2.32. The second-order valence-corrected chi connectivity index (χ2v) is 31.5. The molecule has 0 fully saturated rings. The predicted octanol–water partition coefficient (Wildman–Crippen LogP) is 30.4. The standard InChI is InChI=1S/C112H77N5/c1-69-23-20-35-85(59-69)115(87-49-39-71(3)72(4)61-87)101-65-97(78-46-42-75(68-114)43-47-78)98-66-102(93-54-51-89(77-44-40-74(67-113)41-45-77)91-52-55-94(101)108(98)107(91)93)116(86-36-21-24-70(2)60-86)88-50-48-82(73(5)62-88)63-76-25-22-32-83(64-76)106-103(79-26-10-6-11-27-79)104(80-28-12-7-13-29-80)112-96-57-58-100-110-92(90-37-18-19-38-99(90)117(100)84-33-16-9-17-34-84)53-56-95(109(96)110)111(112)105(106)81-30-14-8-15-31-81/h6-62,64-66H,63H2,1-5H3. The number of hydrogen-bond acceptors (Lipinski definition) is 4. The lowest BCUT2D eigenvalue weighted by molar-refractivity contribution is 1.15. The van der Waals surface area contributed by atoms with Crippen LogP contribution in [0.3, 0.4) is 0 Å². The fraction of sp³-hybridized carbons (Fsp3) is 0.0536. The first kappa shape index (κ1) is 69.8. The van der Waals surface area contributed by atoms with Gasteiger partial charge in [0.05, 0.1) is 45.7 Å². The van der Waals surface area contributed by atoms with Crippen LogP contribution in [-0.4, -0.2) is 4.57 Å². The third kappa shape index (κ3) is 11.6. The molecule has 1 aromatic heterocycles. The molecule has 0 aliphatic carbocycles. The molecule has 0 saturated carbocycles. The van der Waals surface area contributed by atoms with E-state index in [0.29, 0.717) is 17.5 Å². The molecule has 0 radical (unpaired) electrons. The zero-order valence-electron chi connectivity index (χ0n) is 65.6. The van der Waals surface area contributed by atoms with E-state index in [0.717, 1.165) is 122 Å². The number of fused-ring (bicyclic) bond motifs is 5. The molecule has 5 heteroatoms. The van der Waals surface area contributed by atoms with Crippen molar-refractivity contribution in [1.29, 1.82) is 10.5 Å². The Morgan fingerprint density at radius 1 is 0.265 bits per heavy atom. The fourth-order valence-corrected chi connectivity index (χ4v) is 19.0. The predicted molar refractivity (Wildman–Crippen MR) is 493 cm³/mol. The van der Waals surface area contributed by atoms with Crippen LogP contribution < -0.4 is 9.80 Å². The van der Waals surface area contributed by atoms with Crippen LogP contribution in [0.4, 0.5) is 34.1 Å². The summed E-state index contributed by atoms with van der Waals surface area (Å²) in [6, 6.07) is 139.